The molecule has 2 aromatic rings. The summed E-state index contributed by atoms with van der Waals surface area (Å²) in [6, 6.07) is 14.4. The molecule has 0 unspecified atom stereocenters. The van der Waals surface area contributed by atoms with Crippen molar-refractivity contribution < 1.29 is 4.84 Å². The molecule has 1 N–H and O–H groups in total. The summed E-state index contributed by atoms with van der Waals surface area (Å²) in [7, 11) is 5.61. The Morgan fingerprint density at radius 2 is 1.86 bits per heavy atom. The molecule has 2 rings (SSSR count). The number of rotatable bonds is 8. The highest BCUT2D eigenvalue weighted by Crippen LogP contribution is 2.20. The van der Waals surface area contributed by atoms with Crippen LogP contribution in [0.15, 0.2) is 48.7 Å². The standard InChI is InChI=1S/C17H24N4O/c1-20(22-3)12-11-18-13-15-9-10-17(19-14-15)21(2)16-7-5-4-6-8-16/h4-10,14,18H,11-13H2,1-3H3. The van der Waals surface area contributed by atoms with Crippen molar-refractivity contribution in [3.63, 3.8) is 0 Å². The van der Waals surface area contributed by atoms with Crippen LogP contribution < -0.4 is 10.2 Å². The molecule has 0 saturated carbocycles. The normalized spacial score (nSPS) is 10.9. The average Bonchev–Trinajstić information content (AvgIpc) is 2.59. The van der Waals surface area contributed by atoms with Gasteiger partial charge in [0.1, 0.15) is 5.82 Å². The first-order chi connectivity index (χ1) is 10.7. The van der Waals surface area contributed by atoms with E-state index >= 15 is 0 Å². The summed E-state index contributed by atoms with van der Waals surface area (Å²) >= 11 is 0. The number of nitrogens with one attached hydrogen (secondary N) is 1. The number of nitrogens with zero attached hydrogens (tertiary/aromatic N) is 3. The van der Waals surface area contributed by atoms with E-state index in [0.717, 1.165) is 31.1 Å². The molecule has 5 heteroatoms. The molecule has 0 saturated heterocycles. The lowest BCUT2D eigenvalue weighted by atomic mass is 10.2. The van der Waals surface area contributed by atoms with Crippen molar-refractivity contribution in [1.82, 2.24) is 15.4 Å². The Bertz CT molecular complexity index is 544. The van der Waals surface area contributed by atoms with Crippen LogP contribution in [0.1, 0.15) is 5.56 Å². The number of para-hydroxylation sites is 1. The third-order valence-corrected chi connectivity index (χ3v) is 3.54. The highest BCUT2D eigenvalue weighted by atomic mass is 16.7. The minimum Gasteiger partial charge on any atom is -0.329 e. The Labute approximate surface area is 132 Å². The number of benzene rings is 1. The van der Waals surface area contributed by atoms with Gasteiger partial charge in [-0.1, -0.05) is 24.3 Å². The van der Waals surface area contributed by atoms with Gasteiger partial charge in [0.05, 0.1) is 7.11 Å². The molecule has 0 radical (unpaired) electrons. The topological polar surface area (TPSA) is 40.6 Å². The number of hydrogen-bond acceptors (Lipinski definition) is 5. The van der Waals surface area contributed by atoms with E-state index in [1.54, 1.807) is 12.2 Å². The highest BCUT2D eigenvalue weighted by molar-refractivity contribution is 5.58. The van der Waals surface area contributed by atoms with Gasteiger partial charge in [0.25, 0.3) is 0 Å². The second kappa shape index (κ2) is 8.48. The highest BCUT2D eigenvalue weighted by Gasteiger charge is 2.04. The molecule has 0 aliphatic rings. The molecule has 1 heterocycles. The van der Waals surface area contributed by atoms with Crippen LogP contribution in [0.2, 0.25) is 0 Å². The zero-order valence-corrected chi connectivity index (χ0v) is 13.5. The molecule has 0 bridgehead atoms. The van der Waals surface area contributed by atoms with E-state index in [2.05, 4.69) is 33.4 Å². The Morgan fingerprint density at radius 3 is 2.50 bits per heavy atom. The van der Waals surface area contributed by atoms with E-state index in [0.29, 0.717) is 0 Å². The Hall–Kier alpha value is -1.95. The first kappa shape index (κ1) is 16.4. The van der Waals surface area contributed by atoms with Gasteiger partial charge in [0.15, 0.2) is 0 Å². The molecule has 118 valence electrons. The summed E-state index contributed by atoms with van der Waals surface area (Å²) in [5, 5.41) is 5.17. The van der Waals surface area contributed by atoms with Gasteiger partial charge in [-0.3, -0.25) is 0 Å². The predicted molar refractivity (Wildman–Crippen MR) is 90.1 cm³/mol. The number of hydroxylamine groups is 2. The molecule has 1 aromatic carbocycles. The van der Waals surface area contributed by atoms with Gasteiger partial charge in [0, 0.05) is 45.6 Å². The molecule has 0 spiro atoms. The Kier molecular flexibility index (Phi) is 6.33. The molecule has 0 aliphatic heterocycles. The van der Waals surface area contributed by atoms with E-state index in [1.807, 2.05) is 44.6 Å². The maximum absolute atomic E-state index is 5.06. The minimum atomic E-state index is 0.805. The van der Waals surface area contributed by atoms with Gasteiger partial charge in [-0.15, -0.1) is 0 Å². The van der Waals surface area contributed by atoms with Crippen molar-refractivity contribution in [1.29, 1.82) is 0 Å². The molecular weight excluding hydrogens is 276 g/mol. The van der Waals surface area contributed by atoms with E-state index in [4.69, 9.17) is 4.84 Å². The van der Waals surface area contributed by atoms with Crippen molar-refractivity contribution in [2.45, 2.75) is 6.54 Å². The molecular formula is C17H24N4O. The van der Waals surface area contributed by atoms with Crippen LogP contribution in [0, 0.1) is 0 Å². The van der Waals surface area contributed by atoms with E-state index in [-0.39, 0.29) is 0 Å². The summed E-state index contributed by atoms with van der Waals surface area (Å²) in [5.41, 5.74) is 2.30. The van der Waals surface area contributed by atoms with Crippen LogP contribution in [0.3, 0.4) is 0 Å². The summed E-state index contributed by atoms with van der Waals surface area (Å²) in [5.74, 6) is 0.939. The SMILES string of the molecule is CON(C)CCNCc1ccc(N(C)c2ccccc2)nc1. The lowest BCUT2D eigenvalue weighted by Gasteiger charge is -2.18. The zero-order valence-electron chi connectivity index (χ0n) is 13.5. The smallest absolute Gasteiger partial charge is 0.132 e. The lowest BCUT2D eigenvalue weighted by molar-refractivity contribution is -0.107. The van der Waals surface area contributed by atoms with Crippen LogP contribution in [-0.4, -0.2) is 44.3 Å². The fraction of sp³-hybridized carbons (Fsp3) is 0.353. The lowest BCUT2D eigenvalue weighted by Crippen LogP contribution is -2.28. The van der Waals surface area contributed by atoms with Crippen molar-refractivity contribution in [3.8, 4) is 0 Å². The van der Waals surface area contributed by atoms with Crippen molar-refractivity contribution in [2.24, 2.45) is 0 Å². The van der Waals surface area contributed by atoms with Crippen molar-refractivity contribution >= 4 is 11.5 Å². The molecule has 5 nitrogen and oxygen atoms in total. The maximum atomic E-state index is 5.06. The summed E-state index contributed by atoms with van der Waals surface area (Å²) in [4.78, 5) is 11.7. The summed E-state index contributed by atoms with van der Waals surface area (Å²) in [6.45, 7) is 2.52. The Morgan fingerprint density at radius 1 is 1.09 bits per heavy atom. The fourth-order valence-electron chi connectivity index (χ4n) is 2.06. The van der Waals surface area contributed by atoms with Gasteiger partial charge in [-0.05, 0) is 23.8 Å². The maximum Gasteiger partial charge on any atom is 0.132 e. The van der Waals surface area contributed by atoms with Crippen LogP contribution in [-0.2, 0) is 11.4 Å². The first-order valence-corrected chi connectivity index (χ1v) is 7.40. The predicted octanol–water partition coefficient (Wildman–Crippen LogP) is 2.43. The Balaban J connectivity index is 1.85. The van der Waals surface area contributed by atoms with E-state index in [9.17, 15) is 0 Å². The third-order valence-electron chi connectivity index (χ3n) is 3.54. The number of anilines is 2. The first-order valence-electron chi connectivity index (χ1n) is 7.40. The zero-order chi connectivity index (χ0) is 15.8. The molecule has 22 heavy (non-hydrogen) atoms. The van der Waals surface area contributed by atoms with Crippen molar-refractivity contribution in [3.05, 3.63) is 54.2 Å². The number of pyridine rings is 1. The van der Waals surface area contributed by atoms with Crippen LogP contribution >= 0.6 is 0 Å². The van der Waals surface area contributed by atoms with Gasteiger partial charge in [-0.25, -0.2) is 4.98 Å². The molecule has 0 fully saturated rings. The second-order valence-corrected chi connectivity index (χ2v) is 5.13. The van der Waals surface area contributed by atoms with E-state index in [1.165, 1.54) is 5.56 Å². The number of likely N-dealkylation sites (N-methyl/N-ethyl adjacent to an activating group) is 1. The fourth-order valence-corrected chi connectivity index (χ4v) is 2.06. The van der Waals surface area contributed by atoms with E-state index < -0.39 is 0 Å². The van der Waals surface area contributed by atoms with Gasteiger partial charge < -0.3 is 15.1 Å². The monoisotopic (exact) mass is 300 g/mol. The molecule has 0 atom stereocenters. The summed E-state index contributed by atoms with van der Waals surface area (Å²) < 4.78 is 0. The summed E-state index contributed by atoms with van der Waals surface area (Å²) in [6.07, 6.45) is 1.92. The third kappa shape index (κ3) is 4.80. The molecule has 0 aliphatic carbocycles. The molecule has 0 amide bonds. The van der Waals surface area contributed by atoms with Crippen LogP contribution in [0.4, 0.5) is 11.5 Å². The minimum absolute atomic E-state index is 0.805. The van der Waals surface area contributed by atoms with Crippen LogP contribution in [0.25, 0.3) is 0 Å². The quantitative estimate of drug-likeness (QED) is 0.599. The second-order valence-electron chi connectivity index (χ2n) is 5.13. The largest absolute Gasteiger partial charge is 0.329 e. The van der Waals surface area contributed by atoms with Gasteiger partial charge in [-0.2, -0.15) is 5.06 Å². The number of aromatic nitrogens is 1. The molecule has 1 aromatic heterocycles. The average molecular weight is 300 g/mol. The van der Waals surface area contributed by atoms with Gasteiger partial charge >= 0.3 is 0 Å². The van der Waals surface area contributed by atoms with Crippen LogP contribution in [0.5, 0.6) is 0 Å². The van der Waals surface area contributed by atoms with Gasteiger partial charge in [0.2, 0.25) is 0 Å². The number of hydrogen-bond donors (Lipinski definition) is 1. The van der Waals surface area contributed by atoms with Crippen molar-refractivity contribution in [2.75, 3.05) is 39.2 Å².